The van der Waals surface area contributed by atoms with Crippen molar-refractivity contribution in [3.05, 3.63) is 0 Å². The number of rotatable bonds is 76. The zero-order valence-electron chi connectivity index (χ0n) is 63.5. The summed E-state index contributed by atoms with van der Waals surface area (Å²) >= 11 is 0. The summed E-state index contributed by atoms with van der Waals surface area (Å²) in [5.74, 6) is 0.228. The van der Waals surface area contributed by atoms with Gasteiger partial charge in [-0.1, -0.05) is 350 Å². The van der Waals surface area contributed by atoms with Gasteiger partial charge in [0.05, 0.1) is 26.4 Å². The Balaban J connectivity index is 5.25. The average Bonchev–Trinajstić information content (AvgIpc) is 2.96. The molecule has 0 aromatic rings. The van der Waals surface area contributed by atoms with Crippen LogP contribution in [0.2, 0.25) is 0 Å². The summed E-state index contributed by atoms with van der Waals surface area (Å²) in [6.45, 7) is 11.9. The molecule has 0 heterocycles. The smallest absolute Gasteiger partial charge is 0.462 e. The van der Waals surface area contributed by atoms with Gasteiger partial charge in [0.2, 0.25) is 0 Å². The number of esters is 4. The molecule has 0 amide bonds. The van der Waals surface area contributed by atoms with Gasteiger partial charge in [-0.2, -0.15) is 0 Å². The van der Waals surface area contributed by atoms with Crippen LogP contribution in [0.15, 0.2) is 0 Å². The molecule has 0 bridgehead atoms. The minimum atomic E-state index is -4.96. The molecule has 0 aromatic carbocycles. The molecule has 97 heavy (non-hydrogen) atoms. The van der Waals surface area contributed by atoms with Gasteiger partial charge in [-0.3, -0.25) is 37.3 Å². The van der Waals surface area contributed by atoms with Crippen molar-refractivity contribution < 1.29 is 80.2 Å². The van der Waals surface area contributed by atoms with E-state index in [1.807, 2.05) is 0 Å². The topological polar surface area (TPSA) is 237 Å². The largest absolute Gasteiger partial charge is 0.472 e. The number of ether oxygens (including phenoxy) is 4. The molecule has 0 spiro atoms. The number of phosphoric acid groups is 2. The van der Waals surface area contributed by atoms with Crippen molar-refractivity contribution in [2.45, 2.75) is 420 Å². The first-order valence-electron chi connectivity index (χ1n) is 40.4. The highest BCUT2D eigenvalue weighted by atomic mass is 31.2. The predicted octanol–water partition coefficient (Wildman–Crippen LogP) is 23.0. The standard InChI is InChI=1S/C78H152O17P2/c1-8-10-11-12-13-14-15-19-27-32-39-47-54-61-77(82)95-74(66-89-76(81)60-53-46-41-34-36-43-50-57-70(5)6)68-93-97(86,87)91-64-72(79)63-90-96(84,85)92-67-73(65-88-75(80)59-52-45-38-31-26-23-18-20-24-29-35-42-49-56-69(3)4)94-78(83)62-55-48-40-33-28-22-17-16-21-25-30-37-44-51-58-71(7)9-2/h69-74,79H,8-68H2,1-7H3,(H,84,85)(H,86,87)/t71?,72-,73-,74-/m1/s1. The van der Waals surface area contributed by atoms with Crippen molar-refractivity contribution in [1.82, 2.24) is 0 Å². The first-order valence-corrected chi connectivity index (χ1v) is 43.4. The Morgan fingerprint density at radius 2 is 0.526 bits per heavy atom. The van der Waals surface area contributed by atoms with Crippen LogP contribution in [0.1, 0.15) is 402 Å². The van der Waals surface area contributed by atoms with Crippen LogP contribution in [0.4, 0.5) is 0 Å². The van der Waals surface area contributed by atoms with Crippen molar-refractivity contribution >= 4 is 39.5 Å². The summed E-state index contributed by atoms with van der Waals surface area (Å²) in [4.78, 5) is 72.9. The van der Waals surface area contributed by atoms with Crippen LogP contribution >= 0.6 is 15.6 Å². The molecule has 6 atom stereocenters. The molecule has 3 N–H and O–H groups in total. The van der Waals surface area contributed by atoms with E-state index in [4.69, 9.17) is 37.0 Å². The van der Waals surface area contributed by atoms with Crippen molar-refractivity contribution in [2.75, 3.05) is 39.6 Å². The fourth-order valence-electron chi connectivity index (χ4n) is 11.9. The lowest BCUT2D eigenvalue weighted by atomic mass is 9.99. The van der Waals surface area contributed by atoms with Crippen molar-refractivity contribution in [1.29, 1.82) is 0 Å². The molecule has 19 heteroatoms. The van der Waals surface area contributed by atoms with Gasteiger partial charge in [-0.15, -0.1) is 0 Å². The molecule has 0 aliphatic carbocycles. The summed E-state index contributed by atoms with van der Waals surface area (Å²) in [6.07, 6.45) is 55.4. The predicted molar refractivity (Wildman–Crippen MR) is 395 cm³/mol. The molecule has 0 radical (unpaired) electrons. The molecule has 0 rings (SSSR count). The Hall–Kier alpha value is -1.94. The van der Waals surface area contributed by atoms with Crippen LogP contribution < -0.4 is 0 Å². The minimum absolute atomic E-state index is 0.107. The average molecular weight is 1420 g/mol. The third-order valence-electron chi connectivity index (χ3n) is 18.5. The van der Waals surface area contributed by atoms with E-state index >= 15 is 0 Å². The molecule has 576 valence electrons. The highest BCUT2D eigenvalue weighted by Crippen LogP contribution is 2.45. The van der Waals surface area contributed by atoms with Crippen molar-refractivity contribution in [3.8, 4) is 0 Å². The maximum absolute atomic E-state index is 13.1. The fraction of sp³-hybridized carbons (Fsp3) is 0.949. The highest BCUT2D eigenvalue weighted by Gasteiger charge is 2.30. The number of carbonyl (C=O) groups is 4. The number of aliphatic hydroxyl groups is 1. The van der Waals surface area contributed by atoms with E-state index in [2.05, 4.69) is 48.5 Å². The molecule has 3 unspecified atom stereocenters. The summed E-state index contributed by atoms with van der Waals surface area (Å²) < 4.78 is 68.6. The normalized spacial score (nSPS) is 14.3. The zero-order valence-corrected chi connectivity index (χ0v) is 65.3. The lowest BCUT2D eigenvalue weighted by Crippen LogP contribution is -2.30. The fourth-order valence-corrected chi connectivity index (χ4v) is 13.5. The molecule has 0 saturated heterocycles. The molecule has 0 saturated carbocycles. The lowest BCUT2D eigenvalue weighted by molar-refractivity contribution is -0.161. The maximum atomic E-state index is 13.1. The van der Waals surface area contributed by atoms with Crippen LogP contribution in [-0.4, -0.2) is 96.7 Å². The lowest BCUT2D eigenvalue weighted by Gasteiger charge is -2.21. The maximum Gasteiger partial charge on any atom is 0.472 e. The second kappa shape index (κ2) is 68.5. The summed E-state index contributed by atoms with van der Waals surface area (Å²) in [5, 5.41) is 10.6. The van der Waals surface area contributed by atoms with Gasteiger partial charge < -0.3 is 33.8 Å². The van der Waals surface area contributed by atoms with Crippen LogP contribution in [0.3, 0.4) is 0 Å². The van der Waals surface area contributed by atoms with E-state index in [1.54, 1.807) is 0 Å². The Morgan fingerprint density at radius 1 is 0.299 bits per heavy atom. The number of hydrogen-bond donors (Lipinski definition) is 3. The van der Waals surface area contributed by atoms with E-state index in [9.17, 15) is 43.2 Å². The number of hydrogen-bond acceptors (Lipinski definition) is 15. The first kappa shape index (κ1) is 95.1. The number of unbranched alkanes of at least 4 members (excludes halogenated alkanes) is 43. The van der Waals surface area contributed by atoms with E-state index in [-0.39, 0.29) is 25.7 Å². The van der Waals surface area contributed by atoms with Gasteiger partial charge in [0.1, 0.15) is 19.3 Å². The molecular weight excluding hydrogens is 1270 g/mol. The zero-order chi connectivity index (χ0) is 71.6. The Labute approximate surface area is 594 Å². The van der Waals surface area contributed by atoms with Crippen molar-refractivity contribution in [3.63, 3.8) is 0 Å². The van der Waals surface area contributed by atoms with Crippen LogP contribution in [0.25, 0.3) is 0 Å². The third kappa shape index (κ3) is 70.9. The number of carbonyl (C=O) groups excluding carboxylic acids is 4. The summed E-state index contributed by atoms with van der Waals surface area (Å²) in [5.41, 5.74) is 0. The SMILES string of the molecule is CCCCCCCCCCCCCCCC(=O)O[C@H](COC(=O)CCCCCCCCCC(C)C)COP(=O)(O)OC[C@H](O)COP(=O)(O)OC[C@@H](COC(=O)CCCCCCCCCCCCCCCC(C)C)OC(=O)CCCCCCCCCCCCCCCCC(C)CC. The Morgan fingerprint density at radius 3 is 0.784 bits per heavy atom. The molecular formula is C78H152O17P2. The summed E-state index contributed by atoms with van der Waals surface area (Å²) in [6, 6.07) is 0. The van der Waals surface area contributed by atoms with Crippen LogP contribution in [0.5, 0.6) is 0 Å². The number of phosphoric ester groups is 2. The second-order valence-corrected chi connectivity index (χ2v) is 32.2. The van der Waals surface area contributed by atoms with Gasteiger partial charge in [0.15, 0.2) is 12.2 Å². The highest BCUT2D eigenvalue weighted by molar-refractivity contribution is 7.47. The van der Waals surface area contributed by atoms with Gasteiger partial charge in [0.25, 0.3) is 0 Å². The van der Waals surface area contributed by atoms with Crippen LogP contribution in [0, 0.1) is 17.8 Å². The second-order valence-electron chi connectivity index (χ2n) is 29.3. The van der Waals surface area contributed by atoms with E-state index < -0.39 is 97.5 Å². The van der Waals surface area contributed by atoms with Gasteiger partial charge >= 0.3 is 39.5 Å². The Bertz CT molecular complexity index is 1890. The van der Waals surface area contributed by atoms with Crippen molar-refractivity contribution in [2.24, 2.45) is 17.8 Å². The van der Waals surface area contributed by atoms with E-state index in [0.29, 0.717) is 31.6 Å². The Kier molecular flexibility index (Phi) is 67.1. The number of aliphatic hydroxyl groups excluding tert-OH is 1. The molecule has 0 aliphatic rings. The molecule has 17 nitrogen and oxygen atoms in total. The van der Waals surface area contributed by atoms with Crippen LogP contribution in [-0.2, 0) is 65.4 Å². The monoisotopic (exact) mass is 1420 g/mol. The van der Waals surface area contributed by atoms with Gasteiger partial charge in [0, 0.05) is 25.7 Å². The quantitative estimate of drug-likeness (QED) is 0.0222. The first-order chi connectivity index (χ1) is 46.8. The molecule has 0 aliphatic heterocycles. The summed E-state index contributed by atoms with van der Waals surface area (Å²) in [7, 11) is -9.92. The molecule has 0 fully saturated rings. The van der Waals surface area contributed by atoms with E-state index in [1.165, 1.54) is 205 Å². The minimum Gasteiger partial charge on any atom is -0.462 e. The van der Waals surface area contributed by atoms with Gasteiger partial charge in [-0.25, -0.2) is 9.13 Å². The van der Waals surface area contributed by atoms with E-state index in [0.717, 1.165) is 108 Å². The van der Waals surface area contributed by atoms with Gasteiger partial charge in [-0.05, 0) is 43.4 Å². The molecule has 0 aromatic heterocycles. The third-order valence-corrected chi connectivity index (χ3v) is 20.4.